The van der Waals surface area contributed by atoms with Crippen LogP contribution in [0.15, 0.2) is 18.2 Å². The van der Waals surface area contributed by atoms with E-state index >= 15 is 0 Å². The third-order valence-corrected chi connectivity index (χ3v) is 5.64. The summed E-state index contributed by atoms with van der Waals surface area (Å²) in [6.07, 6.45) is 1.10. The normalized spacial score (nSPS) is 13.3. The van der Waals surface area contributed by atoms with Gasteiger partial charge in [0.1, 0.15) is 17.7 Å². The summed E-state index contributed by atoms with van der Waals surface area (Å²) in [5.41, 5.74) is 2.05. The number of unbranched alkanes of at least 4 members (excludes halogenated alkanes) is 1. The SMILES string of the molecule is CCCCNC(=O)C(c1cccc(C)c1C)N(C(=O)C(CS)NC(=O)OC(C)(C)C)C(C)C. The molecule has 0 saturated heterocycles. The predicted molar refractivity (Wildman–Crippen MR) is 136 cm³/mol. The molecule has 0 spiro atoms. The van der Waals surface area contributed by atoms with Gasteiger partial charge in [-0.15, -0.1) is 0 Å². The summed E-state index contributed by atoms with van der Waals surface area (Å²) in [5.74, 6) is -0.560. The van der Waals surface area contributed by atoms with Crippen LogP contribution in [0.2, 0.25) is 0 Å². The van der Waals surface area contributed by atoms with Crippen LogP contribution >= 0.6 is 12.6 Å². The molecule has 2 N–H and O–H groups in total. The van der Waals surface area contributed by atoms with Crippen LogP contribution in [-0.2, 0) is 14.3 Å². The molecule has 1 aromatic rings. The van der Waals surface area contributed by atoms with Crippen LogP contribution < -0.4 is 10.6 Å². The molecular formula is C25H41N3O4S. The van der Waals surface area contributed by atoms with E-state index in [0.717, 1.165) is 29.5 Å². The summed E-state index contributed by atoms with van der Waals surface area (Å²) in [7, 11) is 0. The highest BCUT2D eigenvalue weighted by molar-refractivity contribution is 7.80. The first-order valence-corrected chi connectivity index (χ1v) is 12.2. The summed E-state index contributed by atoms with van der Waals surface area (Å²) in [4.78, 5) is 41.0. The van der Waals surface area contributed by atoms with Gasteiger partial charge >= 0.3 is 6.09 Å². The van der Waals surface area contributed by atoms with Crippen LogP contribution in [0.1, 0.15) is 77.1 Å². The van der Waals surface area contributed by atoms with Crippen molar-refractivity contribution in [1.82, 2.24) is 15.5 Å². The van der Waals surface area contributed by atoms with Crippen molar-refractivity contribution < 1.29 is 19.1 Å². The van der Waals surface area contributed by atoms with Gasteiger partial charge in [-0.05, 0) is 71.6 Å². The first-order chi connectivity index (χ1) is 15.3. The Hall–Kier alpha value is -2.22. The Balaban J connectivity index is 3.39. The largest absolute Gasteiger partial charge is 0.444 e. The van der Waals surface area contributed by atoms with Crippen LogP contribution in [0.5, 0.6) is 0 Å². The minimum Gasteiger partial charge on any atom is -0.444 e. The fraction of sp³-hybridized carbons (Fsp3) is 0.640. The quantitative estimate of drug-likeness (QED) is 0.344. The molecule has 1 rings (SSSR count). The van der Waals surface area contributed by atoms with Gasteiger partial charge in [-0.2, -0.15) is 12.6 Å². The maximum absolute atomic E-state index is 13.7. The van der Waals surface area contributed by atoms with E-state index in [9.17, 15) is 14.4 Å². The predicted octanol–water partition coefficient (Wildman–Crippen LogP) is 4.32. The Morgan fingerprint density at radius 3 is 2.30 bits per heavy atom. The average molecular weight is 480 g/mol. The van der Waals surface area contributed by atoms with Crippen molar-refractivity contribution in [3.63, 3.8) is 0 Å². The van der Waals surface area contributed by atoms with Gasteiger partial charge in [0.2, 0.25) is 11.8 Å². The second-order valence-corrected chi connectivity index (χ2v) is 9.92. The molecule has 1 aromatic carbocycles. The maximum atomic E-state index is 13.7. The zero-order valence-electron chi connectivity index (χ0n) is 21.3. The molecule has 0 fully saturated rings. The molecule has 0 heterocycles. The molecular weight excluding hydrogens is 438 g/mol. The van der Waals surface area contributed by atoms with Gasteiger partial charge in [0.05, 0.1) is 0 Å². The Labute approximate surface area is 204 Å². The Morgan fingerprint density at radius 2 is 1.79 bits per heavy atom. The van der Waals surface area contributed by atoms with Crippen LogP contribution in [0, 0.1) is 13.8 Å². The van der Waals surface area contributed by atoms with Crippen molar-refractivity contribution >= 4 is 30.5 Å². The van der Waals surface area contributed by atoms with Crippen molar-refractivity contribution in [2.45, 2.75) is 92.0 Å². The topological polar surface area (TPSA) is 87.7 Å². The molecule has 0 aromatic heterocycles. The number of ether oxygens (including phenoxy) is 1. The number of carbonyl (C=O) groups is 3. The lowest BCUT2D eigenvalue weighted by Gasteiger charge is -2.37. The number of nitrogens with one attached hydrogen (secondary N) is 2. The molecule has 0 aliphatic carbocycles. The van der Waals surface area contributed by atoms with Crippen molar-refractivity contribution in [1.29, 1.82) is 0 Å². The second-order valence-electron chi connectivity index (χ2n) is 9.56. The highest BCUT2D eigenvalue weighted by Crippen LogP contribution is 2.29. The molecule has 186 valence electrons. The molecule has 0 aliphatic heterocycles. The molecule has 0 radical (unpaired) electrons. The molecule has 8 heteroatoms. The second kappa shape index (κ2) is 12.9. The van der Waals surface area contributed by atoms with E-state index in [1.54, 1.807) is 25.7 Å². The van der Waals surface area contributed by atoms with Gasteiger partial charge in [0.15, 0.2) is 0 Å². The molecule has 3 amide bonds. The minimum atomic E-state index is -0.943. The number of aryl methyl sites for hydroxylation is 1. The third kappa shape index (κ3) is 8.57. The van der Waals surface area contributed by atoms with Gasteiger partial charge in [-0.1, -0.05) is 31.5 Å². The number of nitrogens with zero attached hydrogens (tertiary/aromatic N) is 1. The van der Waals surface area contributed by atoms with Crippen molar-refractivity contribution in [2.24, 2.45) is 0 Å². The van der Waals surface area contributed by atoms with Crippen molar-refractivity contribution in [3.8, 4) is 0 Å². The van der Waals surface area contributed by atoms with Crippen LogP contribution in [0.4, 0.5) is 4.79 Å². The Morgan fingerprint density at radius 1 is 1.15 bits per heavy atom. The Bertz CT molecular complexity index is 820. The fourth-order valence-corrected chi connectivity index (χ4v) is 3.72. The Kier molecular flexibility index (Phi) is 11.2. The van der Waals surface area contributed by atoms with E-state index in [4.69, 9.17) is 4.74 Å². The summed E-state index contributed by atoms with van der Waals surface area (Å²) in [5, 5.41) is 5.61. The molecule has 0 bridgehead atoms. The van der Waals surface area contributed by atoms with Crippen LogP contribution in [-0.4, -0.2) is 52.8 Å². The molecule has 2 unspecified atom stereocenters. The van der Waals surface area contributed by atoms with Crippen LogP contribution in [0.25, 0.3) is 0 Å². The number of thiol groups is 1. The van der Waals surface area contributed by atoms with Gasteiger partial charge in [0, 0.05) is 18.3 Å². The molecule has 33 heavy (non-hydrogen) atoms. The number of alkyl carbamates (subject to hydrolysis) is 1. The van der Waals surface area contributed by atoms with Crippen molar-refractivity contribution in [3.05, 3.63) is 34.9 Å². The highest BCUT2D eigenvalue weighted by Gasteiger charge is 2.38. The standard InChI is InChI=1S/C25H41N3O4S/c1-9-10-14-26-22(29)21(19-13-11-12-17(4)18(19)5)28(16(2)3)23(30)20(15-33)27-24(31)32-25(6,7)8/h11-13,16,20-21,33H,9-10,14-15H2,1-8H3,(H,26,29)(H,27,31). The lowest BCUT2D eigenvalue weighted by molar-refractivity contribution is -0.144. The fourth-order valence-electron chi connectivity index (χ4n) is 3.47. The van der Waals surface area contributed by atoms with E-state index in [0.29, 0.717) is 6.54 Å². The summed E-state index contributed by atoms with van der Waals surface area (Å²) in [6, 6.07) is 3.67. The summed E-state index contributed by atoms with van der Waals surface area (Å²) >= 11 is 4.30. The van der Waals surface area contributed by atoms with Gasteiger partial charge in [-0.25, -0.2) is 4.79 Å². The van der Waals surface area contributed by atoms with Gasteiger partial charge in [0.25, 0.3) is 0 Å². The van der Waals surface area contributed by atoms with E-state index < -0.39 is 23.8 Å². The lowest BCUT2D eigenvalue weighted by Crippen LogP contribution is -2.55. The monoisotopic (exact) mass is 479 g/mol. The van der Waals surface area contributed by atoms with E-state index in [1.807, 2.05) is 45.9 Å². The molecule has 0 aliphatic rings. The first-order valence-electron chi connectivity index (χ1n) is 11.6. The lowest BCUT2D eigenvalue weighted by atomic mass is 9.94. The zero-order valence-corrected chi connectivity index (χ0v) is 22.2. The number of rotatable bonds is 10. The third-order valence-electron chi connectivity index (χ3n) is 5.28. The number of amides is 3. The maximum Gasteiger partial charge on any atom is 0.408 e. The molecule has 7 nitrogen and oxygen atoms in total. The van der Waals surface area contributed by atoms with E-state index in [-0.39, 0.29) is 23.6 Å². The number of carbonyl (C=O) groups excluding carboxylic acids is 3. The number of hydrogen-bond donors (Lipinski definition) is 3. The van der Waals surface area contributed by atoms with Gasteiger partial charge < -0.3 is 20.3 Å². The van der Waals surface area contributed by atoms with Crippen molar-refractivity contribution in [2.75, 3.05) is 12.3 Å². The zero-order chi connectivity index (χ0) is 25.3. The summed E-state index contributed by atoms with van der Waals surface area (Å²) in [6.45, 7) is 15.5. The highest BCUT2D eigenvalue weighted by atomic mass is 32.1. The van der Waals surface area contributed by atoms with E-state index in [1.165, 1.54) is 0 Å². The molecule has 2 atom stereocenters. The smallest absolute Gasteiger partial charge is 0.408 e. The van der Waals surface area contributed by atoms with Crippen LogP contribution in [0.3, 0.4) is 0 Å². The molecule has 0 saturated carbocycles. The minimum absolute atomic E-state index is 0.0677. The van der Waals surface area contributed by atoms with E-state index in [2.05, 4.69) is 30.2 Å². The first kappa shape index (κ1) is 28.8. The summed E-state index contributed by atoms with van der Waals surface area (Å²) < 4.78 is 5.32. The number of benzene rings is 1. The average Bonchev–Trinajstić information content (AvgIpc) is 2.70. The van der Waals surface area contributed by atoms with Gasteiger partial charge in [-0.3, -0.25) is 9.59 Å². The number of hydrogen-bond acceptors (Lipinski definition) is 5.